The topological polar surface area (TPSA) is 37.8 Å². The van der Waals surface area contributed by atoms with E-state index in [4.69, 9.17) is 0 Å². The maximum atomic E-state index is 4.64. The minimum absolute atomic E-state index is 0.815. The van der Waals surface area contributed by atoms with Crippen molar-refractivity contribution < 1.29 is 0 Å². The summed E-state index contributed by atoms with van der Waals surface area (Å²) in [5.74, 6) is 0.815. The van der Waals surface area contributed by atoms with Crippen molar-refractivity contribution in [2.24, 2.45) is 0 Å². The van der Waals surface area contributed by atoms with E-state index in [-0.39, 0.29) is 0 Å². The fourth-order valence-electron chi connectivity index (χ4n) is 2.08. The smallest absolute Gasteiger partial charge is 0.159 e. The van der Waals surface area contributed by atoms with Gasteiger partial charge < -0.3 is 5.32 Å². The summed E-state index contributed by atoms with van der Waals surface area (Å²) in [6.07, 6.45) is 0. The van der Waals surface area contributed by atoms with E-state index in [1.54, 1.807) is 0 Å². The lowest BCUT2D eigenvalue weighted by Crippen LogP contribution is -2.15. The van der Waals surface area contributed by atoms with Crippen LogP contribution in [0.15, 0.2) is 24.3 Å². The average molecular weight is 255 g/mol. The predicted octanol–water partition coefficient (Wildman–Crippen LogP) is 3.18. The van der Waals surface area contributed by atoms with Gasteiger partial charge in [-0.1, -0.05) is 36.8 Å². The molecule has 3 nitrogen and oxygen atoms in total. The summed E-state index contributed by atoms with van der Waals surface area (Å²) >= 11 is 0. The van der Waals surface area contributed by atoms with E-state index in [1.807, 2.05) is 0 Å². The van der Waals surface area contributed by atoms with Gasteiger partial charge in [0.15, 0.2) is 5.82 Å². The van der Waals surface area contributed by atoms with Crippen molar-refractivity contribution in [2.75, 3.05) is 6.54 Å². The maximum absolute atomic E-state index is 4.64. The number of nitrogens with one attached hydrogen (secondary N) is 1. The zero-order valence-electron chi connectivity index (χ0n) is 12.1. The van der Waals surface area contributed by atoms with Crippen molar-refractivity contribution in [3.8, 4) is 11.4 Å². The molecule has 0 atom stereocenters. The van der Waals surface area contributed by atoms with Crippen LogP contribution in [0.1, 0.15) is 29.4 Å². The maximum Gasteiger partial charge on any atom is 0.159 e. The molecular formula is C16H21N3. The van der Waals surface area contributed by atoms with E-state index in [9.17, 15) is 0 Å². The molecule has 0 unspecified atom stereocenters. The molecule has 1 aromatic carbocycles. The van der Waals surface area contributed by atoms with Gasteiger partial charge in [0, 0.05) is 29.1 Å². The molecule has 0 bridgehead atoms. The van der Waals surface area contributed by atoms with E-state index in [0.29, 0.717) is 0 Å². The first-order valence-electron chi connectivity index (χ1n) is 6.73. The molecule has 0 aliphatic carbocycles. The van der Waals surface area contributed by atoms with E-state index in [2.05, 4.69) is 67.2 Å². The second kappa shape index (κ2) is 5.93. The van der Waals surface area contributed by atoms with Crippen LogP contribution in [0.4, 0.5) is 0 Å². The van der Waals surface area contributed by atoms with Gasteiger partial charge in [-0.25, -0.2) is 9.97 Å². The molecule has 3 heteroatoms. The minimum Gasteiger partial charge on any atom is -0.313 e. The second-order valence-electron chi connectivity index (χ2n) is 4.84. The average Bonchev–Trinajstić information content (AvgIpc) is 2.38. The zero-order valence-corrected chi connectivity index (χ0v) is 12.1. The summed E-state index contributed by atoms with van der Waals surface area (Å²) in [6.45, 7) is 10.1. The molecule has 0 fully saturated rings. The molecule has 0 saturated carbocycles. The Hall–Kier alpha value is -1.74. The molecule has 1 N–H and O–H groups in total. The van der Waals surface area contributed by atoms with Crippen molar-refractivity contribution >= 4 is 0 Å². The van der Waals surface area contributed by atoms with Crippen molar-refractivity contribution in [2.45, 2.75) is 34.2 Å². The Morgan fingerprint density at radius 1 is 0.947 bits per heavy atom. The number of nitrogens with zero attached hydrogens (tertiary/aromatic N) is 2. The van der Waals surface area contributed by atoms with Crippen LogP contribution in [-0.2, 0) is 6.54 Å². The van der Waals surface area contributed by atoms with Crippen molar-refractivity contribution in [3.05, 3.63) is 46.8 Å². The Morgan fingerprint density at radius 2 is 1.53 bits per heavy atom. The van der Waals surface area contributed by atoms with Crippen molar-refractivity contribution in [3.63, 3.8) is 0 Å². The number of rotatable bonds is 4. The summed E-state index contributed by atoms with van der Waals surface area (Å²) in [4.78, 5) is 9.27. The molecule has 100 valence electrons. The monoisotopic (exact) mass is 255 g/mol. The highest BCUT2D eigenvalue weighted by Gasteiger charge is 2.09. The van der Waals surface area contributed by atoms with E-state index < -0.39 is 0 Å². The third-order valence-electron chi connectivity index (χ3n) is 3.28. The lowest BCUT2D eigenvalue weighted by atomic mass is 10.1. The van der Waals surface area contributed by atoms with Crippen LogP contribution >= 0.6 is 0 Å². The minimum atomic E-state index is 0.815. The van der Waals surface area contributed by atoms with Crippen LogP contribution in [0.25, 0.3) is 11.4 Å². The van der Waals surface area contributed by atoms with Gasteiger partial charge in [-0.2, -0.15) is 0 Å². The van der Waals surface area contributed by atoms with Gasteiger partial charge in [0.1, 0.15) is 0 Å². The van der Waals surface area contributed by atoms with Crippen LogP contribution in [0.5, 0.6) is 0 Å². The Labute approximate surface area is 115 Å². The number of hydrogen-bond donors (Lipinski definition) is 1. The number of benzene rings is 1. The summed E-state index contributed by atoms with van der Waals surface area (Å²) in [5, 5.41) is 3.33. The first-order valence-corrected chi connectivity index (χ1v) is 6.73. The van der Waals surface area contributed by atoms with Crippen molar-refractivity contribution in [1.82, 2.24) is 15.3 Å². The molecule has 0 amide bonds. The molecule has 0 aliphatic rings. The lowest BCUT2D eigenvalue weighted by Gasteiger charge is -2.11. The van der Waals surface area contributed by atoms with E-state index in [1.165, 1.54) is 11.1 Å². The second-order valence-corrected chi connectivity index (χ2v) is 4.84. The predicted molar refractivity (Wildman–Crippen MR) is 79.1 cm³/mol. The highest BCUT2D eigenvalue weighted by Crippen LogP contribution is 2.19. The number of hydrogen-bond acceptors (Lipinski definition) is 3. The van der Waals surface area contributed by atoms with E-state index in [0.717, 1.165) is 35.9 Å². The fraction of sp³-hybridized carbons (Fsp3) is 0.375. The van der Waals surface area contributed by atoms with Crippen LogP contribution < -0.4 is 5.32 Å². The molecule has 1 aromatic heterocycles. The van der Waals surface area contributed by atoms with Gasteiger partial charge in [0.25, 0.3) is 0 Å². The van der Waals surface area contributed by atoms with Crippen molar-refractivity contribution in [1.29, 1.82) is 0 Å². The zero-order chi connectivity index (χ0) is 13.8. The lowest BCUT2D eigenvalue weighted by molar-refractivity contribution is 0.711. The first-order chi connectivity index (χ1) is 9.11. The van der Waals surface area contributed by atoms with Crippen LogP contribution in [0, 0.1) is 20.8 Å². The van der Waals surface area contributed by atoms with Crippen LogP contribution in [0.3, 0.4) is 0 Å². The van der Waals surface area contributed by atoms with Gasteiger partial charge in [0.05, 0.1) is 0 Å². The van der Waals surface area contributed by atoms with Crippen LogP contribution in [0.2, 0.25) is 0 Å². The normalized spacial score (nSPS) is 10.7. The SMILES string of the molecule is CCNCc1c(C)nc(-c2ccc(C)cc2)nc1C. The molecule has 0 saturated heterocycles. The summed E-state index contributed by atoms with van der Waals surface area (Å²) in [6, 6.07) is 8.34. The molecule has 0 radical (unpaired) electrons. The van der Waals surface area contributed by atoms with Crippen LogP contribution in [-0.4, -0.2) is 16.5 Å². The molecule has 1 heterocycles. The Balaban J connectivity index is 2.36. The Kier molecular flexibility index (Phi) is 4.27. The molecule has 0 spiro atoms. The summed E-state index contributed by atoms with van der Waals surface area (Å²) in [7, 11) is 0. The Bertz CT molecular complexity index is 536. The fourth-order valence-corrected chi connectivity index (χ4v) is 2.08. The number of aromatic nitrogens is 2. The largest absolute Gasteiger partial charge is 0.313 e. The van der Waals surface area contributed by atoms with Gasteiger partial charge in [-0.05, 0) is 27.3 Å². The summed E-state index contributed by atoms with van der Waals surface area (Å²) < 4.78 is 0. The molecule has 19 heavy (non-hydrogen) atoms. The van der Waals surface area contributed by atoms with Gasteiger partial charge in [0.2, 0.25) is 0 Å². The Morgan fingerprint density at radius 3 is 2.05 bits per heavy atom. The molecule has 0 aliphatic heterocycles. The molecule has 2 aromatic rings. The highest BCUT2D eigenvalue weighted by molar-refractivity contribution is 5.56. The van der Waals surface area contributed by atoms with Gasteiger partial charge >= 0.3 is 0 Å². The highest BCUT2D eigenvalue weighted by atomic mass is 14.9. The molecule has 2 rings (SSSR count). The standard InChI is InChI=1S/C16H21N3/c1-5-17-10-15-12(3)18-16(19-13(15)4)14-8-6-11(2)7-9-14/h6-9,17H,5,10H2,1-4H3. The third kappa shape index (κ3) is 3.18. The summed E-state index contributed by atoms with van der Waals surface area (Å²) in [5.41, 5.74) is 5.65. The van der Waals surface area contributed by atoms with Gasteiger partial charge in [-0.3, -0.25) is 0 Å². The molecular weight excluding hydrogens is 234 g/mol. The first kappa shape index (κ1) is 13.7. The number of aryl methyl sites for hydroxylation is 3. The van der Waals surface area contributed by atoms with Gasteiger partial charge in [-0.15, -0.1) is 0 Å². The van der Waals surface area contributed by atoms with E-state index >= 15 is 0 Å². The quantitative estimate of drug-likeness (QED) is 0.911. The third-order valence-corrected chi connectivity index (χ3v) is 3.28.